The van der Waals surface area contributed by atoms with Gasteiger partial charge >= 0.3 is 5.97 Å². The summed E-state index contributed by atoms with van der Waals surface area (Å²) in [4.78, 5) is 12.1. The molecule has 1 atom stereocenters. The third kappa shape index (κ3) is 4.13. The molecule has 0 aliphatic carbocycles. The fraction of sp³-hybridized carbons (Fsp3) is 0.333. The van der Waals surface area contributed by atoms with Crippen LogP contribution in [0, 0.1) is 11.3 Å². The van der Waals surface area contributed by atoms with E-state index in [0.717, 1.165) is 5.69 Å². The predicted molar refractivity (Wildman–Crippen MR) is 62.7 cm³/mol. The first-order chi connectivity index (χ1) is 8.02. The average Bonchev–Trinajstić information content (AvgIpc) is 2.27. The van der Waals surface area contributed by atoms with E-state index in [1.165, 1.54) is 0 Å². The molecule has 1 aromatic rings. The molecule has 0 aliphatic rings. The van der Waals surface area contributed by atoms with Crippen LogP contribution in [0.3, 0.4) is 0 Å². The Balaban J connectivity index is 2.66. The number of anilines is 1. The molecule has 0 saturated carbocycles. The number of aliphatic hydroxyl groups excluding tert-OH is 1. The number of likely N-dealkylation sites (N-methyl/N-ethyl adjacent to an activating group) is 1. The zero-order valence-electron chi connectivity index (χ0n) is 9.50. The fourth-order valence-corrected chi connectivity index (χ4v) is 1.50. The first kappa shape index (κ1) is 13.0. The standard InChI is InChI=1S/C12H14N2O3/c1-14(8-11(15)6-12(16)17)10-4-2-3-9(5-10)7-13/h2-5,11,15H,6,8H2,1H3,(H,16,17). The summed E-state index contributed by atoms with van der Waals surface area (Å²) in [6.07, 6.45) is -1.22. The number of benzene rings is 1. The van der Waals surface area contributed by atoms with Crippen molar-refractivity contribution in [2.24, 2.45) is 0 Å². The molecule has 2 N–H and O–H groups in total. The molecule has 0 fully saturated rings. The number of rotatable bonds is 5. The monoisotopic (exact) mass is 234 g/mol. The second-order valence-corrected chi connectivity index (χ2v) is 3.79. The third-order valence-electron chi connectivity index (χ3n) is 2.31. The highest BCUT2D eigenvalue weighted by Crippen LogP contribution is 2.14. The van der Waals surface area contributed by atoms with Crippen molar-refractivity contribution in [1.82, 2.24) is 0 Å². The van der Waals surface area contributed by atoms with Gasteiger partial charge in [-0.05, 0) is 18.2 Å². The van der Waals surface area contributed by atoms with E-state index in [2.05, 4.69) is 0 Å². The van der Waals surface area contributed by atoms with Gasteiger partial charge in [0.2, 0.25) is 0 Å². The van der Waals surface area contributed by atoms with E-state index in [9.17, 15) is 9.90 Å². The number of carboxylic acid groups (broad SMARTS) is 1. The van der Waals surface area contributed by atoms with Crippen molar-refractivity contribution in [3.05, 3.63) is 29.8 Å². The first-order valence-electron chi connectivity index (χ1n) is 5.14. The van der Waals surface area contributed by atoms with Crippen LogP contribution in [0.2, 0.25) is 0 Å². The maximum Gasteiger partial charge on any atom is 0.306 e. The Bertz CT molecular complexity index is 440. The fourth-order valence-electron chi connectivity index (χ4n) is 1.50. The number of carbonyl (C=O) groups is 1. The molecule has 90 valence electrons. The van der Waals surface area contributed by atoms with Gasteiger partial charge in [0.1, 0.15) is 0 Å². The minimum Gasteiger partial charge on any atom is -0.481 e. The molecule has 0 aromatic heterocycles. The number of hydrogen-bond acceptors (Lipinski definition) is 4. The van der Waals surface area contributed by atoms with Gasteiger partial charge in [0, 0.05) is 19.3 Å². The van der Waals surface area contributed by atoms with Crippen molar-refractivity contribution in [3.8, 4) is 6.07 Å². The topological polar surface area (TPSA) is 84.6 Å². The molecule has 0 bridgehead atoms. The number of nitriles is 1. The smallest absolute Gasteiger partial charge is 0.306 e. The lowest BCUT2D eigenvalue weighted by atomic mass is 10.2. The number of aliphatic hydroxyl groups is 1. The summed E-state index contributed by atoms with van der Waals surface area (Å²) >= 11 is 0. The van der Waals surface area contributed by atoms with Crippen LogP contribution in [-0.4, -0.2) is 35.9 Å². The molecular weight excluding hydrogens is 220 g/mol. The van der Waals surface area contributed by atoms with Gasteiger partial charge in [-0.15, -0.1) is 0 Å². The van der Waals surface area contributed by atoms with Crippen LogP contribution in [0.5, 0.6) is 0 Å². The first-order valence-corrected chi connectivity index (χ1v) is 5.14. The maximum absolute atomic E-state index is 10.4. The summed E-state index contributed by atoms with van der Waals surface area (Å²) < 4.78 is 0. The molecule has 1 rings (SSSR count). The molecule has 0 heterocycles. The molecule has 0 saturated heterocycles. The molecule has 0 radical (unpaired) electrons. The van der Waals surface area contributed by atoms with Gasteiger partial charge in [-0.2, -0.15) is 5.26 Å². The van der Waals surface area contributed by atoms with Crippen LogP contribution in [0.25, 0.3) is 0 Å². The largest absolute Gasteiger partial charge is 0.481 e. The van der Waals surface area contributed by atoms with Crippen LogP contribution >= 0.6 is 0 Å². The predicted octanol–water partition coefficient (Wildman–Crippen LogP) is 0.830. The second-order valence-electron chi connectivity index (χ2n) is 3.79. The van der Waals surface area contributed by atoms with Gasteiger partial charge in [0.05, 0.1) is 24.2 Å². The maximum atomic E-state index is 10.4. The summed E-state index contributed by atoms with van der Waals surface area (Å²) in [5.41, 5.74) is 1.30. The highest BCUT2D eigenvalue weighted by atomic mass is 16.4. The highest BCUT2D eigenvalue weighted by Gasteiger charge is 2.12. The van der Waals surface area contributed by atoms with Crippen LogP contribution < -0.4 is 4.90 Å². The summed E-state index contributed by atoms with van der Waals surface area (Å²) in [5.74, 6) is -1.03. The lowest BCUT2D eigenvalue weighted by Gasteiger charge is -2.22. The Morgan fingerprint density at radius 3 is 2.88 bits per heavy atom. The van der Waals surface area contributed by atoms with Gasteiger partial charge in [-0.1, -0.05) is 6.07 Å². The van der Waals surface area contributed by atoms with Gasteiger partial charge in [0.25, 0.3) is 0 Å². The van der Waals surface area contributed by atoms with Gasteiger partial charge in [-0.25, -0.2) is 0 Å². The van der Waals surface area contributed by atoms with E-state index in [1.54, 1.807) is 36.2 Å². The normalized spacial score (nSPS) is 11.6. The number of aliphatic carboxylic acids is 1. The second kappa shape index (κ2) is 5.87. The Morgan fingerprint density at radius 1 is 1.59 bits per heavy atom. The summed E-state index contributed by atoms with van der Waals surface area (Å²) in [6, 6.07) is 8.94. The van der Waals surface area contributed by atoms with Crippen LogP contribution in [-0.2, 0) is 4.79 Å². The zero-order chi connectivity index (χ0) is 12.8. The number of nitrogens with zero attached hydrogens (tertiary/aromatic N) is 2. The van der Waals surface area contributed by atoms with Gasteiger partial charge in [0.15, 0.2) is 0 Å². The van der Waals surface area contributed by atoms with E-state index in [4.69, 9.17) is 10.4 Å². The average molecular weight is 234 g/mol. The lowest BCUT2D eigenvalue weighted by Crippen LogP contribution is -2.30. The Morgan fingerprint density at radius 2 is 2.29 bits per heavy atom. The Kier molecular flexibility index (Phi) is 4.49. The number of hydrogen-bond donors (Lipinski definition) is 2. The van der Waals surface area contributed by atoms with Crippen molar-refractivity contribution in [1.29, 1.82) is 5.26 Å². The van der Waals surface area contributed by atoms with E-state index in [-0.39, 0.29) is 13.0 Å². The molecule has 0 amide bonds. The Labute approximate surface area is 99.5 Å². The van der Waals surface area contributed by atoms with Crippen molar-refractivity contribution >= 4 is 11.7 Å². The van der Waals surface area contributed by atoms with Crippen molar-refractivity contribution in [3.63, 3.8) is 0 Å². The molecule has 0 spiro atoms. The van der Waals surface area contributed by atoms with Gasteiger partial charge < -0.3 is 15.1 Å². The minimum atomic E-state index is -1.03. The highest BCUT2D eigenvalue weighted by molar-refractivity contribution is 5.67. The minimum absolute atomic E-state index is 0.210. The van der Waals surface area contributed by atoms with E-state index < -0.39 is 12.1 Å². The molecular formula is C12H14N2O3. The van der Waals surface area contributed by atoms with E-state index >= 15 is 0 Å². The van der Waals surface area contributed by atoms with Crippen LogP contribution in [0.1, 0.15) is 12.0 Å². The number of carboxylic acids is 1. The molecule has 0 aliphatic heterocycles. The lowest BCUT2D eigenvalue weighted by molar-refractivity contribution is -0.139. The molecule has 5 nitrogen and oxygen atoms in total. The zero-order valence-corrected chi connectivity index (χ0v) is 9.50. The molecule has 17 heavy (non-hydrogen) atoms. The van der Waals surface area contributed by atoms with Crippen molar-refractivity contribution in [2.45, 2.75) is 12.5 Å². The molecule has 1 unspecified atom stereocenters. The SMILES string of the molecule is CN(CC(O)CC(=O)O)c1cccc(C#N)c1. The summed E-state index contributed by atoms with van der Waals surface area (Å²) in [5, 5.41) is 26.8. The summed E-state index contributed by atoms with van der Waals surface area (Å²) in [7, 11) is 1.74. The third-order valence-corrected chi connectivity index (χ3v) is 2.31. The van der Waals surface area contributed by atoms with E-state index in [1.807, 2.05) is 6.07 Å². The van der Waals surface area contributed by atoms with Gasteiger partial charge in [-0.3, -0.25) is 4.79 Å². The molecule has 1 aromatic carbocycles. The van der Waals surface area contributed by atoms with E-state index in [0.29, 0.717) is 5.56 Å². The summed E-state index contributed by atoms with van der Waals surface area (Å²) in [6.45, 7) is 0.210. The van der Waals surface area contributed by atoms with Crippen molar-refractivity contribution in [2.75, 3.05) is 18.5 Å². The van der Waals surface area contributed by atoms with Crippen molar-refractivity contribution < 1.29 is 15.0 Å². The van der Waals surface area contributed by atoms with Crippen LogP contribution in [0.15, 0.2) is 24.3 Å². The quantitative estimate of drug-likeness (QED) is 0.788. The Hall–Kier alpha value is -2.06. The molecule has 5 heteroatoms. The van der Waals surface area contributed by atoms with Crippen LogP contribution in [0.4, 0.5) is 5.69 Å².